The van der Waals surface area contributed by atoms with Gasteiger partial charge in [0, 0.05) is 48.8 Å². The summed E-state index contributed by atoms with van der Waals surface area (Å²) in [5, 5.41) is 9.12. The molecule has 2 aliphatic rings. The number of amidine groups is 1. The van der Waals surface area contributed by atoms with Crippen LogP contribution in [-0.4, -0.2) is 41.9 Å². The summed E-state index contributed by atoms with van der Waals surface area (Å²) < 4.78 is 0. The van der Waals surface area contributed by atoms with Crippen LogP contribution in [0.1, 0.15) is 5.56 Å². The molecule has 20 heavy (non-hydrogen) atoms. The molecular formula is C15H17N5. The Morgan fingerprint density at radius 2 is 1.95 bits per heavy atom. The molecule has 1 aromatic heterocycles. The largest absolute Gasteiger partial charge is 0.361 e. The fourth-order valence-electron chi connectivity index (χ4n) is 2.80. The van der Waals surface area contributed by atoms with Crippen LogP contribution in [0.4, 0.5) is 5.69 Å². The van der Waals surface area contributed by atoms with Crippen LogP contribution in [0, 0.1) is 0 Å². The van der Waals surface area contributed by atoms with E-state index in [4.69, 9.17) is 0 Å². The minimum Gasteiger partial charge on any atom is -0.361 e. The Hall–Kier alpha value is -2.27. The van der Waals surface area contributed by atoms with Gasteiger partial charge in [-0.1, -0.05) is 6.07 Å². The van der Waals surface area contributed by atoms with Crippen LogP contribution in [0.25, 0.3) is 17.0 Å². The number of H-pyrrole nitrogens is 1. The number of hydrogen-bond acceptors (Lipinski definition) is 4. The topological polar surface area (TPSA) is 55.5 Å². The van der Waals surface area contributed by atoms with Crippen molar-refractivity contribution in [1.29, 1.82) is 0 Å². The van der Waals surface area contributed by atoms with Gasteiger partial charge in [0.05, 0.1) is 5.69 Å². The molecule has 0 aliphatic carbocycles. The molecule has 0 saturated carbocycles. The van der Waals surface area contributed by atoms with Gasteiger partial charge < -0.3 is 15.2 Å². The second kappa shape index (κ2) is 4.68. The highest BCUT2D eigenvalue weighted by Gasteiger charge is 2.15. The quantitative estimate of drug-likeness (QED) is 0.682. The number of rotatable bonds is 0. The van der Waals surface area contributed by atoms with Crippen molar-refractivity contribution in [2.24, 2.45) is 5.10 Å². The maximum atomic E-state index is 4.58. The van der Waals surface area contributed by atoms with E-state index in [-0.39, 0.29) is 0 Å². The normalized spacial score (nSPS) is 18.4. The number of aromatic nitrogens is 1. The summed E-state index contributed by atoms with van der Waals surface area (Å²) in [5.74, 6) is 1.01. The molecule has 0 unspecified atom stereocenters. The molecule has 3 heterocycles. The summed E-state index contributed by atoms with van der Waals surface area (Å²) in [6, 6.07) is 6.31. The zero-order chi connectivity index (χ0) is 13.4. The Morgan fingerprint density at radius 3 is 2.85 bits per heavy atom. The van der Waals surface area contributed by atoms with E-state index in [9.17, 15) is 0 Å². The summed E-state index contributed by atoms with van der Waals surface area (Å²) in [6.45, 7) is 4.03. The Bertz CT molecular complexity index is 691. The number of benzene rings is 1. The van der Waals surface area contributed by atoms with Gasteiger partial charge in [0.2, 0.25) is 0 Å². The number of nitrogens with one attached hydrogen (secondary N) is 3. The lowest BCUT2D eigenvalue weighted by molar-refractivity contribution is 0.359. The lowest BCUT2D eigenvalue weighted by atomic mass is 10.1. The maximum Gasteiger partial charge on any atom is 0.148 e. The molecule has 1 aromatic carbocycles. The lowest BCUT2D eigenvalue weighted by Gasteiger charge is -2.28. The predicted octanol–water partition coefficient (Wildman–Crippen LogP) is 1.83. The van der Waals surface area contributed by atoms with Crippen molar-refractivity contribution >= 4 is 28.5 Å². The molecule has 102 valence electrons. The van der Waals surface area contributed by atoms with E-state index in [1.54, 1.807) is 0 Å². The summed E-state index contributed by atoms with van der Waals surface area (Å²) in [5.41, 5.74) is 6.62. The van der Waals surface area contributed by atoms with Crippen LogP contribution < -0.4 is 10.7 Å². The third-order valence-electron chi connectivity index (χ3n) is 3.90. The average Bonchev–Trinajstić information content (AvgIpc) is 2.87. The van der Waals surface area contributed by atoms with Gasteiger partial charge in [-0.3, -0.25) is 5.43 Å². The highest BCUT2D eigenvalue weighted by atomic mass is 15.4. The van der Waals surface area contributed by atoms with E-state index in [2.05, 4.69) is 56.1 Å². The zero-order valence-corrected chi connectivity index (χ0v) is 11.2. The van der Waals surface area contributed by atoms with E-state index in [1.165, 1.54) is 10.9 Å². The lowest BCUT2D eigenvalue weighted by Crippen LogP contribution is -2.46. The summed E-state index contributed by atoms with van der Waals surface area (Å²) in [4.78, 5) is 5.54. The molecular weight excluding hydrogens is 250 g/mol. The summed E-state index contributed by atoms with van der Waals surface area (Å²) in [6.07, 6.45) is 6.20. The highest BCUT2D eigenvalue weighted by Crippen LogP contribution is 2.29. The molecule has 0 spiro atoms. The van der Waals surface area contributed by atoms with Crippen molar-refractivity contribution in [2.75, 3.05) is 31.6 Å². The molecule has 1 fully saturated rings. The molecule has 1 saturated heterocycles. The fraction of sp³-hybridized carbons (Fsp3) is 0.267. The molecule has 0 atom stereocenters. The molecule has 0 bridgehead atoms. The van der Waals surface area contributed by atoms with Crippen LogP contribution in [0.5, 0.6) is 0 Å². The van der Waals surface area contributed by atoms with Crippen molar-refractivity contribution in [3.63, 3.8) is 0 Å². The van der Waals surface area contributed by atoms with Crippen molar-refractivity contribution in [2.45, 2.75) is 0 Å². The SMILES string of the molecule is C1=Cc2ccc3[nH]ccc3c2NN=C1N1CCNCC1. The number of aromatic amines is 1. The smallest absolute Gasteiger partial charge is 0.148 e. The Labute approximate surface area is 117 Å². The standard InChI is InChI=1S/C15H17N5/c1-3-13-12(5-6-17-13)15-11(1)2-4-14(18-19-15)20-9-7-16-8-10-20/h1-6,16-17,19H,7-10H2. The van der Waals surface area contributed by atoms with Crippen molar-refractivity contribution in [1.82, 2.24) is 15.2 Å². The Morgan fingerprint density at radius 1 is 1.05 bits per heavy atom. The molecule has 2 aromatic rings. The summed E-state index contributed by atoms with van der Waals surface area (Å²) >= 11 is 0. The zero-order valence-electron chi connectivity index (χ0n) is 11.2. The molecule has 0 radical (unpaired) electrons. The van der Waals surface area contributed by atoms with E-state index >= 15 is 0 Å². The fourth-order valence-corrected chi connectivity index (χ4v) is 2.80. The molecule has 0 amide bonds. The van der Waals surface area contributed by atoms with Crippen LogP contribution >= 0.6 is 0 Å². The second-order valence-corrected chi connectivity index (χ2v) is 5.12. The van der Waals surface area contributed by atoms with Crippen LogP contribution in [0.2, 0.25) is 0 Å². The minimum atomic E-state index is 1.00. The third kappa shape index (κ3) is 1.87. The number of piperazine rings is 1. The Balaban J connectivity index is 1.71. The monoisotopic (exact) mass is 267 g/mol. The van der Waals surface area contributed by atoms with Gasteiger partial charge in [-0.05, 0) is 24.3 Å². The number of anilines is 1. The van der Waals surface area contributed by atoms with E-state index in [0.29, 0.717) is 0 Å². The first-order chi connectivity index (χ1) is 9.92. The van der Waals surface area contributed by atoms with E-state index < -0.39 is 0 Å². The van der Waals surface area contributed by atoms with Crippen LogP contribution in [0.3, 0.4) is 0 Å². The molecule has 5 heteroatoms. The summed E-state index contributed by atoms with van der Waals surface area (Å²) in [7, 11) is 0. The second-order valence-electron chi connectivity index (χ2n) is 5.12. The van der Waals surface area contributed by atoms with Gasteiger partial charge in [-0.25, -0.2) is 0 Å². The van der Waals surface area contributed by atoms with Gasteiger partial charge in [-0.2, -0.15) is 5.10 Å². The predicted molar refractivity (Wildman–Crippen MR) is 82.8 cm³/mol. The van der Waals surface area contributed by atoms with E-state index in [0.717, 1.165) is 43.2 Å². The average molecular weight is 267 g/mol. The first-order valence-corrected chi connectivity index (χ1v) is 6.99. The van der Waals surface area contributed by atoms with Gasteiger partial charge in [0.25, 0.3) is 0 Å². The number of hydrogen-bond donors (Lipinski definition) is 3. The number of nitrogens with zero attached hydrogens (tertiary/aromatic N) is 2. The van der Waals surface area contributed by atoms with Crippen LogP contribution in [0.15, 0.2) is 35.6 Å². The van der Waals surface area contributed by atoms with E-state index in [1.807, 2.05) is 6.20 Å². The number of hydrazone groups is 1. The van der Waals surface area contributed by atoms with Gasteiger partial charge in [0.15, 0.2) is 0 Å². The molecule has 2 aliphatic heterocycles. The molecule has 4 rings (SSSR count). The molecule has 5 nitrogen and oxygen atoms in total. The van der Waals surface area contributed by atoms with Gasteiger partial charge in [-0.15, -0.1) is 0 Å². The third-order valence-corrected chi connectivity index (χ3v) is 3.90. The van der Waals surface area contributed by atoms with Crippen molar-refractivity contribution < 1.29 is 0 Å². The van der Waals surface area contributed by atoms with Gasteiger partial charge >= 0.3 is 0 Å². The van der Waals surface area contributed by atoms with Crippen molar-refractivity contribution in [3.8, 4) is 0 Å². The first kappa shape index (κ1) is 11.5. The van der Waals surface area contributed by atoms with Crippen LogP contribution in [-0.2, 0) is 0 Å². The van der Waals surface area contributed by atoms with Crippen molar-refractivity contribution in [3.05, 3.63) is 36.0 Å². The molecule has 3 N–H and O–H groups in total. The first-order valence-electron chi connectivity index (χ1n) is 6.99. The van der Waals surface area contributed by atoms with Gasteiger partial charge in [0.1, 0.15) is 5.84 Å². The Kier molecular flexibility index (Phi) is 2.70. The minimum absolute atomic E-state index is 1.00. The highest BCUT2D eigenvalue weighted by molar-refractivity contribution is 6.03. The maximum absolute atomic E-state index is 4.58. The number of fused-ring (bicyclic) bond motifs is 3.